The maximum Gasteiger partial charge on any atom is 0.264 e. The number of carbonyl (C=O) groups is 2. The molecule has 5 heteroatoms. The zero-order chi connectivity index (χ0) is 17.1. The molecule has 0 saturated carbocycles. The fraction of sp³-hybridized carbons (Fsp3) is 0.263. The molecule has 2 aromatic carbocycles. The predicted molar refractivity (Wildman–Crippen MR) is 91.0 cm³/mol. The smallest absolute Gasteiger partial charge is 0.264 e. The Labute approximate surface area is 140 Å². The van der Waals surface area contributed by atoms with Crippen LogP contribution in [0.3, 0.4) is 0 Å². The number of hydrogen-bond acceptors (Lipinski definition) is 4. The molecule has 5 nitrogen and oxygen atoms in total. The van der Waals surface area contributed by atoms with Crippen LogP contribution in [0.4, 0.5) is 5.69 Å². The van der Waals surface area contributed by atoms with E-state index < -0.39 is 0 Å². The molecule has 0 bridgehead atoms. The molecule has 1 heterocycles. The summed E-state index contributed by atoms with van der Waals surface area (Å²) < 4.78 is 10.9. The number of fused-ring (bicyclic) bond motifs is 1. The molecule has 1 aliphatic rings. The highest BCUT2D eigenvalue weighted by Gasteiger charge is 2.24. The molecule has 1 aliphatic heterocycles. The molecule has 2 aromatic rings. The van der Waals surface area contributed by atoms with Crippen molar-refractivity contribution in [1.82, 2.24) is 0 Å². The van der Waals surface area contributed by atoms with Gasteiger partial charge in [-0.25, -0.2) is 0 Å². The molecule has 24 heavy (non-hydrogen) atoms. The number of ether oxygens (including phenoxy) is 2. The van der Waals surface area contributed by atoms with Crippen molar-refractivity contribution in [2.75, 3.05) is 25.2 Å². The summed E-state index contributed by atoms with van der Waals surface area (Å²) >= 11 is 0. The molecule has 3 rings (SSSR count). The van der Waals surface area contributed by atoms with E-state index in [1.165, 1.54) is 19.6 Å². The van der Waals surface area contributed by atoms with E-state index in [9.17, 15) is 9.59 Å². The Bertz CT molecular complexity index is 785. The topological polar surface area (TPSA) is 55.8 Å². The van der Waals surface area contributed by atoms with Gasteiger partial charge in [-0.2, -0.15) is 0 Å². The summed E-state index contributed by atoms with van der Waals surface area (Å²) in [5, 5.41) is 0. The molecule has 0 atom stereocenters. The average Bonchev–Trinajstić information content (AvgIpc) is 3.03. The lowest BCUT2D eigenvalue weighted by Crippen LogP contribution is -2.33. The summed E-state index contributed by atoms with van der Waals surface area (Å²) in [6.07, 6.45) is 0.860. The number of ketones is 1. The number of Topliss-reactive ketones (excluding diaryl/α,β-unsaturated/α-hetero) is 1. The molecule has 0 aromatic heterocycles. The second-order valence-electron chi connectivity index (χ2n) is 5.63. The zero-order valence-electron chi connectivity index (χ0n) is 13.7. The molecule has 0 radical (unpaired) electrons. The third-order valence-electron chi connectivity index (χ3n) is 4.11. The third-order valence-corrected chi connectivity index (χ3v) is 4.11. The van der Waals surface area contributed by atoms with E-state index >= 15 is 0 Å². The Morgan fingerprint density at radius 2 is 1.92 bits per heavy atom. The summed E-state index contributed by atoms with van der Waals surface area (Å²) in [6, 6.07) is 12.8. The number of para-hydroxylation sites is 1. The van der Waals surface area contributed by atoms with Gasteiger partial charge in [0.15, 0.2) is 23.9 Å². The molecule has 0 aliphatic carbocycles. The fourth-order valence-corrected chi connectivity index (χ4v) is 2.82. The maximum absolute atomic E-state index is 12.5. The molecule has 0 saturated heterocycles. The van der Waals surface area contributed by atoms with Crippen molar-refractivity contribution < 1.29 is 19.1 Å². The lowest BCUT2D eigenvalue weighted by Gasteiger charge is -2.18. The van der Waals surface area contributed by atoms with Gasteiger partial charge in [-0.1, -0.05) is 18.2 Å². The molecule has 124 valence electrons. The van der Waals surface area contributed by atoms with Crippen molar-refractivity contribution in [3.8, 4) is 11.5 Å². The second-order valence-corrected chi connectivity index (χ2v) is 5.63. The number of rotatable bonds is 5. The number of hydrogen-bond donors (Lipinski definition) is 0. The minimum Gasteiger partial charge on any atom is -0.493 e. The first kappa shape index (κ1) is 16.1. The quantitative estimate of drug-likeness (QED) is 0.793. The molecule has 1 amide bonds. The Morgan fingerprint density at radius 3 is 2.67 bits per heavy atom. The van der Waals surface area contributed by atoms with Crippen LogP contribution in [0.5, 0.6) is 11.5 Å². The first-order valence-electron chi connectivity index (χ1n) is 7.80. The summed E-state index contributed by atoms with van der Waals surface area (Å²) in [5.74, 6) is 0.739. The zero-order valence-corrected chi connectivity index (χ0v) is 13.7. The van der Waals surface area contributed by atoms with Crippen LogP contribution in [0, 0.1) is 0 Å². The van der Waals surface area contributed by atoms with Crippen LogP contribution >= 0.6 is 0 Å². The van der Waals surface area contributed by atoms with Gasteiger partial charge < -0.3 is 14.4 Å². The van der Waals surface area contributed by atoms with Crippen LogP contribution in [0.1, 0.15) is 22.8 Å². The standard InChI is InChI=1S/C19H19NO4/c1-13(21)15-7-8-17(18(11-15)23-2)24-12-19(22)20-10-9-14-5-3-4-6-16(14)20/h3-8,11H,9-10,12H2,1-2H3. The van der Waals surface area contributed by atoms with Gasteiger partial charge in [-0.05, 0) is 43.2 Å². The molecular formula is C19H19NO4. The highest BCUT2D eigenvalue weighted by atomic mass is 16.5. The van der Waals surface area contributed by atoms with Gasteiger partial charge in [-0.3, -0.25) is 9.59 Å². The lowest BCUT2D eigenvalue weighted by atomic mass is 10.1. The summed E-state index contributed by atoms with van der Waals surface area (Å²) in [5.41, 5.74) is 2.67. The van der Waals surface area contributed by atoms with Gasteiger partial charge in [0.25, 0.3) is 5.91 Å². The van der Waals surface area contributed by atoms with E-state index in [0.29, 0.717) is 23.6 Å². The van der Waals surface area contributed by atoms with Crippen molar-refractivity contribution >= 4 is 17.4 Å². The summed E-state index contributed by atoms with van der Waals surface area (Å²) in [6.45, 7) is 2.08. The van der Waals surface area contributed by atoms with E-state index in [1.807, 2.05) is 24.3 Å². The fourth-order valence-electron chi connectivity index (χ4n) is 2.82. The average molecular weight is 325 g/mol. The van der Waals surface area contributed by atoms with Crippen molar-refractivity contribution in [3.05, 3.63) is 53.6 Å². The summed E-state index contributed by atoms with van der Waals surface area (Å²) in [7, 11) is 1.50. The van der Waals surface area contributed by atoms with E-state index in [1.54, 1.807) is 23.1 Å². The van der Waals surface area contributed by atoms with Gasteiger partial charge in [0.2, 0.25) is 0 Å². The number of anilines is 1. The predicted octanol–water partition coefficient (Wildman–Crippen LogP) is 2.87. The largest absolute Gasteiger partial charge is 0.493 e. The molecule has 0 N–H and O–H groups in total. The number of nitrogens with zero attached hydrogens (tertiary/aromatic N) is 1. The van der Waals surface area contributed by atoms with Crippen LogP contribution < -0.4 is 14.4 Å². The van der Waals surface area contributed by atoms with Crippen LogP contribution in [-0.2, 0) is 11.2 Å². The number of methoxy groups -OCH3 is 1. The third kappa shape index (κ3) is 3.11. The normalized spacial score (nSPS) is 12.7. The highest BCUT2D eigenvalue weighted by molar-refractivity contribution is 5.96. The van der Waals surface area contributed by atoms with Crippen LogP contribution in [0.2, 0.25) is 0 Å². The van der Waals surface area contributed by atoms with Gasteiger partial charge in [0.1, 0.15) is 0 Å². The van der Waals surface area contributed by atoms with E-state index in [4.69, 9.17) is 9.47 Å². The van der Waals surface area contributed by atoms with Gasteiger partial charge in [0.05, 0.1) is 7.11 Å². The van der Waals surface area contributed by atoms with Crippen LogP contribution in [0.15, 0.2) is 42.5 Å². The van der Waals surface area contributed by atoms with E-state index in [0.717, 1.165) is 12.1 Å². The Hall–Kier alpha value is -2.82. The van der Waals surface area contributed by atoms with Crippen molar-refractivity contribution in [2.45, 2.75) is 13.3 Å². The minimum absolute atomic E-state index is 0.0513. The lowest BCUT2D eigenvalue weighted by molar-refractivity contribution is -0.120. The Morgan fingerprint density at radius 1 is 1.12 bits per heavy atom. The van der Waals surface area contributed by atoms with Crippen LogP contribution in [0.25, 0.3) is 0 Å². The molecule has 0 fully saturated rings. The van der Waals surface area contributed by atoms with Crippen molar-refractivity contribution in [2.24, 2.45) is 0 Å². The number of carbonyl (C=O) groups excluding carboxylic acids is 2. The minimum atomic E-state index is -0.0994. The van der Waals surface area contributed by atoms with Gasteiger partial charge in [-0.15, -0.1) is 0 Å². The Kier molecular flexibility index (Phi) is 4.51. The van der Waals surface area contributed by atoms with Gasteiger partial charge >= 0.3 is 0 Å². The first-order chi connectivity index (χ1) is 11.6. The van der Waals surface area contributed by atoms with E-state index in [2.05, 4.69) is 0 Å². The van der Waals surface area contributed by atoms with Crippen molar-refractivity contribution in [1.29, 1.82) is 0 Å². The maximum atomic E-state index is 12.5. The number of benzene rings is 2. The molecule has 0 unspecified atom stereocenters. The summed E-state index contributed by atoms with van der Waals surface area (Å²) in [4.78, 5) is 25.6. The molecule has 0 spiro atoms. The number of amides is 1. The van der Waals surface area contributed by atoms with Crippen molar-refractivity contribution in [3.63, 3.8) is 0 Å². The highest BCUT2D eigenvalue weighted by Crippen LogP contribution is 2.30. The van der Waals surface area contributed by atoms with E-state index in [-0.39, 0.29) is 18.3 Å². The Balaban J connectivity index is 1.70. The van der Waals surface area contributed by atoms with Crippen LogP contribution in [-0.4, -0.2) is 32.0 Å². The van der Waals surface area contributed by atoms with Gasteiger partial charge in [0, 0.05) is 17.8 Å². The SMILES string of the molecule is COc1cc(C(C)=O)ccc1OCC(=O)N1CCc2ccccc21. The first-order valence-corrected chi connectivity index (χ1v) is 7.80. The second kappa shape index (κ2) is 6.74. The monoisotopic (exact) mass is 325 g/mol. The molecular weight excluding hydrogens is 306 g/mol.